The van der Waals surface area contributed by atoms with Gasteiger partial charge in [-0.15, -0.1) is 0 Å². The highest BCUT2D eigenvalue weighted by atomic mass is 16.7. The number of hydrogen-bond acceptors (Lipinski definition) is 4. The van der Waals surface area contributed by atoms with E-state index in [1.165, 1.54) is 57.8 Å². The third-order valence-corrected chi connectivity index (χ3v) is 13.2. The molecular formula is C36H60O4. The summed E-state index contributed by atoms with van der Waals surface area (Å²) < 4.78 is 17.8. The fourth-order valence-electron chi connectivity index (χ4n) is 9.73. The Balaban J connectivity index is 1.23. The predicted octanol–water partition coefficient (Wildman–Crippen LogP) is 9.12. The zero-order valence-electron chi connectivity index (χ0n) is 27.4. The highest BCUT2D eigenvalue weighted by Gasteiger charge is 2.56. The topological polar surface area (TPSA) is 44.8 Å². The SMILES string of the molecule is CC(C)[C@@H](C)CC[C@@H](C)[C@H]1CCC2=C3CC[C@H]4C[C@@H](OC(=O)C5(C)COC(C)(C)OC5)CC[C@]4(C)[C@H]3CC[C@@]21C. The van der Waals surface area contributed by atoms with Gasteiger partial charge in [0.15, 0.2) is 5.79 Å². The maximum absolute atomic E-state index is 13.2. The third kappa shape index (κ3) is 5.47. The van der Waals surface area contributed by atoms with Gasteiger partial charge in [0.05, 0.1) is 13.2 Å². The van der Waals surface area contributed by atoms with Gasteiger partial charge in [-0.1, -0.05) is 65.5 Å². The van der Waals surface area contributed by atoms with Crippen LogP contribution in [0.1, 0.15) is 133 Å². The molecule has 0 aromatic carbocycles. The van der Waals surface area contributed by atoms with Gasteiger partial charge in [-0.3, -0.25) is 4.79 Å². The minimum Gasteiger partial charge on any atom is -0.462 e. The molecule has 5 aliphatic rings. The Bertz CT molecular complexity index is 969. The van der Waals surface area contributed by atoms with Crippen LogP contribution in [0, 0.1) is 51.8 Å². The van der Waals surface area contributed by atoms with E-state index in [0.29, 0.717) is 30.0 Å². The Morgan fingerprint density at radius 3 is 2.27 bits per heavy atom. The smallest absolute Gasteiger partial charge is 0.316 e. The summed E-state index contributed by atoms with van der Waals surface area (Å²) in [5.74, 6) is 3.92. The zero-order valence-corrected chi connectivity index (χ0v) is 27.4. The van der Waals surface area contributed by atoms with Gasteiger partial charge >= 0.3 is 5.97 Å². The summed E-state index contributed by atoms with van der Waals surface area (Å²) in [5, 5.41) is 0. The van der Waals surface area contributed by atoms with Gasteiger partial charge in [-0.2, -0.15) is 0 Å². The standard InChI is InChI=1S/C36H60O4/c1-23(2)24(3)10-11-25(4)29-14-15-30-28-13-12-26-20-27(16-18-35(26,8)31(28)17-19-36(29,30)9)40-32(37)34(7)21-38-33(5,6)39-22-34/h23-27,29,31H,10-22H2,1-9H3/t24-,25+,26-,27-,29+,31-,35-,36+/m0/s1. The summed E-state index contributed by atoms with van der Waals surface area (Å²) in [6, 6.07) is 0. The number of hydrogen-bond donors (Lipinski definition) is 0. The fourth-order valence-corrected chi connectivity index (χ4v) is 9.73. The number of ether oxygens (including phenoxy) is 3. The quantitative estimate of drug-likeness (QED) is 0.232. The maximum Gasteiger partial charge on any atom is 0.316 e. The highest BCUT2D eigenvalue weighted by Crippen LogP contribution is 2.66. The molecule has 5 rings (SSSR count). The van der Waals surface area contributed by atoms with Gasteiger partial charge in [-0.05, 0) is 125 Å². The first-order chi connectivity index (χ1) is 18.7. The molecule has 228 valence electrons. The van der Waals surface area contributed by atoms with E-state index in [4.69, 9.17) is 14.2 Å². The number of rotatable bonds is 7. The van der Waals surface area contributed by atoms with E-state index >= 15 is 0 Å². The van der Waals surface area contributed by atoms with Crippen molar-refractivity contribution in [3.05, 3.63) is 11.1 Å². The normalized spacial score (nSPS) is 40.1. The average molecular weight is 557 g/mol. The lowest BCUT2D eigenvalue weighted by molar-refractivity contribution is -0.282. The Kier molecular flexibility index (Phi) is 8.41. The summed E-state index contributed by atoms with van der Waals surface area (Å²) in [6.07, 6.45) is 14.0. The lowest BCUT2D eigenvalue weighted by atomic mass is 9.48. The average Bonchev–Trinajstić information content (AvgIpc) is 3.26. The van der Waals surface area contributed by atoms with Crippen LogP contribution in [0.4, 0.5) is 0 Å². The Morgan fingerprint density at radius 2 is 1.60 bits per heavy atom. The van der Waals surface area contributed by atoms with Crippen LogP contribution in [-0.2, 0) is 19.0 Å². The van der Waals surface area contributed by atoms with Crippen molar-refractivity contribution in [2.45, 2.75) is 145 Å². The first kappa shape index (κ1) is 30.6. The predicted molar refractivity (Wildman–Crippen MR) is 162 cm³/mol. The summed E-state index contributed by atoms with van der Waals surface area (Å²) >= 11 is 0. The molecule has 4 fully saturated rings. The first-order valence-corrected chi connectivity index (χ1v) is 16.9. The summed E-state index contributed by atoms with van der Waals surface area (Å²) in [7, 11) is 0. The molecule has 8 atom stereocenters. The van der Waals surface area contributed by atoms with Crippen molar-refractivity contribution in [3.63, 3.8) is 0 Å². The molecular weight excluding hydrogens is 496 g/mol. The molecule has 4 aliphatic carbocycles. The van der Waals surface area contributed by atoms with Crippen molar-refractivity contribution in [2.24, 2.45) is 51.8 Å². The van der Waals surface area contributed by atoms with E-state index in [1.807, 2.05) is 31.9 Å². The summed E-state index contributed by atoms with van der Waals surface area (Å²) in [6.45, 7) is 21.5. The summed E-state index contributed by atoms with van der Waals surface area (Å²) in [5.41, 5.74) is 3.83. The molecule has 0 bridgehead atoms. The third-order valence-electron chi connectivity index (χ3n) is 13.2. The van der Waals surface area contributed by atoms with Crippen LogP contribution < -0.4 is 0 Å². The zero-order chi connectivity index (χ0) is 29.1. The van der Waals surface area contributed by atoms with Crippen molar-refractivity contribution < 1.29 is 19.0 Å². The second-order valence-corrected chi connectivity index (χ2v) is 16.5. The Labute approximate surface area is 245 Å². The van der Waals surface area contributed by atoms with Crippen LogP contribution in [0.5, 0.6) is 0 Å². The first-order valence-electron chi connectivity index (χ1n) is 16.9. The van der Waals surface area contributed by atoms with Crippen molar-refractivity contribution in [3.8, 4) is 0 Å². The van der Waals surface area contributed by atoms with Crippen LogP contribution in [-0.4, -0.2) is 31.1 Å². The lowest BCUT2D eigenvalue weighted by Crippen LogP contribution is -2.52. The fraction of sp³-hybridized carbons (Fsp3) is 0.917. The molecule has 0 radical (unpaired) electrons. The summed E-state index contributed by atoms with van der Waals surface area (Å²) in [4.78, 5) is 13.2. The molecule has 0 aromatic rings. The lowest BCUT2D eigenvalue weighted by Gasteiger charge is -2.57. The van der Waals surface area contributed by atoms with Crippen LogP contribution in [0.2, 0.25) is 0 Å². The molecule has 1 saturated heterocycles. The molecule has 0 unspecified atom stereocenters. The number of carbonyl (C=O) groups excluding carboxylic acids is 1. The maximum atomic E-state index is 13.2. The second kappa shape index (κ2) is 11.0. The van der Waals surface area contributed by atoms with Crippen molar-refractivity contribution in [1.82, 2.24) is 0 Å². The minimum atomic E-state index is -0.711. The molecule has 0 aromatic heterocycles. The number of fused-ring (bicyclic) bond motifs is 4. The number of esters is 1. The minimum absolute atomic E-state index is 0.0327. The molecule has 0 amide bonds. The molecule has 40 heavy (non-hydrogen) atoms. The monoisotopic (exact) mass is 556 g/mol. The molecule has 0 N–H and O–H groups in total. The second-order valence-electron chi connectivity index (χ2n) is 16.5. The van der Waals surface area contributed by atoms with Crippen LogP contribution in [0.25, 0.3) is 0 Å². The van der Waals surface area contributed by atoms with Crippen molar-refractivity contribution in [1.29, 1.82) is 0 Å². The molecule has 4 heteroatoms. The van der Waals surface area contributed by atoms with Crippen LogP contribution in [0.3, 0.4) is 0 Å². The molecule has 1 aliphatic heterocycles. The van der Waals surface area contributed by atoms with Gasteiger partial charge in [0.25, 0.3) is 0 Å². The molecule has 1 heterocycles. The van der Waals surface area contributed by atoms with E-state index in [9.17, 15) is 4.79 Å². The molecule has 0 spiro atoms. The molecule has 3 saturated carbocycles. The van der Waals surface area contributed by atoms with Gasteiger partial charge in [0.2, 0.25) is 0 Å². The van der Waals surface area contributed by atoms with Crippen molar-refractivity contribution >= 4 is 5.97 Å². The van der Waals surface area contributed by atoms with E-state index in [-0.39, 0.29) is 12.1 Å². The van der Waals surface area contributed by atoms with E-state index in [2.05, 4.69) is 41.5 Å². The van der Waals surface area contributed by atoms with E-state index in [0.717, 1.165) is 42.4 Å². The van der Waals surface area contributed by atoms with Gasteiger partial charge < -0.3 is 14.2 Å². The van der Waals surface area contributed by atoms with Gasteiger partial charge in [-0.25, -0.2) is 0 Å². The number of allylic oxidation sites excluding steroid dienone is 2. The molecule has 4 nitrogen and oxygen atoms in total. The van der Waals surface area contributed by atoms with E-state index in [1.54, 1.807) is 0 Å². The van der Waals surface area contributed by atoms with Crippen molar-refractivity contribution in [2.75, 3.05) is 13.2 Å². The van der Waals surface area contributed by atoms with Crippen LogP contribution in [0.15, 0.2) is 11.1 Å². The van der Waals surface area contributed by atoms with Gasteiger partial charge in [0.1, 0.15) is 11.5 Å². The van der Waals surface area contributed by atoms with E-state index < -0.39 is 11.2 Å². The van der Waals surface area contributed by atoms with Gasteiger partial charge in [0, 0.05) is 0 Å². The largest absolute Gasteiger partial charge is 0.462 e. The highest BCUT2D eigenvalue weighted by molar-refractivity contribution is 5.77. The Hall–Kier alpha value is -0.870. The van der Waals surface area contributed by atoms with Crippen LogP contribution >= 0.6 is 0 Å². The number of carbonyl (C=O) groups is 1. The Morgan fingerprint density at radius 1 is 0.900 bits per heavy atom.